The predicted molar refractivity (Wildman–Crippen MR) is 76.9 cm³/mol. The van der Waals surface area contributed by atoms with Crippen LogP contribution >= 0.6 is 0 Å². The molecule has 1 saturated carbocycles. The van der Waals surface area contributed by atoms with Crippen LogP contribution in [0.5, 0.6) is 0 Å². The monoisotopic (exact) mass is 273 g/mol. The molecule has 1 aliphatic carbocycles. The summed E-state index contributed by atoms with van der Waals surface area (Å²) in [5, 5.41) is 3.85. The molecular formula is C14H19N5O. The zero-order chi connectivity index (χ0) is 14.1. The van der Waals surface area contributed by atoms with Gasteiger partial charge in [-0.1, -0.05) is 24.4 Å². The van der Waals surface area contributed by atoms with Crippen LogP contribution in [0.2, 0.25) is 0 Å². The fraction of sp³-hybridized carbons (Fsp3) is 0.500. The molecule has 0 bridgehead atoms. The van der Waals surface area contributed by atoms with Crippen molar-refractivity contribution in [2.45, 2.75) is 44.9 Å². The molecule has 2 aromatic heterocycles. The summed E-state index contributed by atoms with van der Waals surface area (Å²) >= 11 is 0. The van der Waals surface area contributed by atoms with Gasteiger partial charge in [0.1, 0.15) is 5.82 Å². The Hall–Kier alpha value is -2.11. The van der Waals surface area contributed by atoms with Crippen molar-refractivity contribution in [1.29, 1.82) is 0 Å². The van der Waals surface area contributed by atoms with Gasteiger partial charge in [-0.2, -0.15) is 4.98 Å². The SMILES string of the molecule is Cc1noc(-c2cnc(N)c(N)c2C2CCCCC2)n1. The minimum absolute atomic E-state index is 0.380. The lowest BCUT2D eigenvalue weighted by Crippen LogP contribution is -2.11. The van der Waals surface area contributed by atoms with Crippen LogP contribution in [-0.4, -0.2) is 15.1 Å². The number of aryl methyl sites for hydroxylation is 1. The molecule has 2 aromatic rings. The van der Waals surface area contributed by atoms with Crippen molar-refractivity contribution >= 4 is 11.5 Å². The van der Waals surface area contributed by atoms with E-state index < -0.39 is 0 Å². The normalized spacial score (nSPS) is 16.4. The van der Waals surface area contributed by atoms with Crippen LogP contribution in [0.15, 0.2) is 10.7 Å². The van der Waals surface area contributed by atoms with Crippen molar-refractivity contribution in [3.8, 4) is 11.5 Å². The highest BCUT2D eigenvalue weighted by atomic mass is 16.5. The average Bonchev–Trinajstić information content (AvgIpc) is 2.89. The zero-order valence-corrected chi connectivity index (χ0v) is 11.6. The van der Waals surface area contributed by atoms with Gasteiger partial charge < -0.3 is 16.0 Å². The molecule has 1 fully saturated rings. The van der Waals surface area contributed by atoms with Crippen molar-refractivity contribution in [3.63, 3.8) is 0 Å². The summed E-state index contributed by atoms with van der Waals surface area (Å²) < 4.78 is 5.28. The summed E-state index contributed by atoms with van der Waals surface area (Å²) in [7, 11) is 0. The molecule has 0 aromatic carbocycles. The van der Waals surface area contributed by atoms with Crippen LogP contribution in [0.4, 0.5) is 11.5 Å². The van der Waals surface area contributed by atoms with Gasteiger partial charge in [0.25, 0.3) is 5.89 Å². The maximum absolute atomic E-state index is 6.18. The van der Waals surface area contributed by atoms with Crippen molar-refractivity contribution in [1.82, 2.24) is 15.1 Å². The highest BCUT2D eigenvalue weighted by Gasteiger charge is 2.25. The lowest BCUT2D eigenvalue weighted by molar-refractivity contribution is 0.421. The van der Waals surface area contributed by atoms with Gasteiger partial charge in [-0.25, -0.2) is 4.98 Å². The lowest BCUT2D eigenvalue weighted by Gasteiger charge is -2.25. The fourth-order valence-electron chi connectivity index (χ4n) is 2.96. The topological polar surface area (TPSA) is 104 Å². The predicted octanol–water partition coefficient (Wildman–Crippen LogP) is 2.65. The number of aromatic nitrogens is 3. The summed E-state index contributed by atoms with van der Waals surface area (Å²) in [6.45, 7) is 1.79. The number of hydrogen-bond donors (Lipinski definition) is 2. The number of nitrogen functional groups attached to an aromatic ring is 2. The number of rotatable bonds is 2. The van der Waals surface area contributed by atoms with Crippen LogP contribution in [0.1, 0.15) is 49.4 Å². The van der Waals surface area contributed by atoms with Crippen LogP contribution in [0.25, 0.3) is 11.5 Å². The summed E-state index contributed by atoms with van der Waals surface area (Å²) in [6, 6.07) is 0. The van der Waals surface area contributed by atoms with E-state index in [4.69, 9.17) is 16.0 Å². The molecule has 6 nitrogen and oxygen atoms in total. The number of nitrogens with two attached hydrogens (primary N) is 2. The molecule has 1 aliphatic rings. The molecule has 20 heavy (non-hydrogen) atoms. The van der Waals surface area contributed by atoms with Gasteiger partial charge >= 0.3 is 0 Å². The Morgan fingerprint density at radius 3 is 2.60 bits per heavy atom. The molecule has 0 amide bonds. The van der Waals surface area contributed by atoms with E-state index in [9.17, 15) is 0 Å². The number of nitrogens with zero attached hydrogens (tertiary/aromatic N) is 3. The van der Waals surface area contributed by atoms with Gasteiger partial charge in [0.15, 0.2) is 5.82 Å². The molecule has 2 heterocycles. The first-order valence-corrected chi connectivity index (χ1v) is 7.01. The smallest absolute Gasteiger partial charge is 0.259 e. The number of anilines is 2. The lowest BCUT2D eigenvalue weighted by atomic mass is 9.81. The van der Waals surface area contributed by atoms with Gasteiger partial charge in [0.2, 0.25) is 0 Å². The Bertz CT molecular complexity index is 616. The number of hydrogen-bond acceptors (Lipinski definition) is 6. The van der Waals surface area contributed by atoms with Gasteiger partial charge in [0.05, 0.1) is 11.3 Å². The zero-order valence-electron chi connectivity index (χ0n) is 11.6. The van der Waals surface area contributed by atoms with Crippen molar-refractivity contribution < 1.29 is 4.52 Å². The molecular weight excluding hydrogens is 254 g/mol. The summed E-state index contributed by atoms with van der Waals surface area (Å²) in [6.07, 6.45) is 7.65. The van der Waals surface area contributed by atoms with Crippen molar-refractivity contribution in [2.75, 3.05) is 11.5 Å². The maximum Gasteiger partial charge on any atom is 0.259 e. The largest absolute Gasteiger partial charge is 0.395 e. The molecule has 6 heteroatoms. The number of pyridine rings is 1. The van der Waals surface area contributed by atoms with Crippen molar-refractivity contribution in [2.24, 2.45) is 0 Å². The van der Waals surface area contributed by atoms with E-state index >= 15 is 0 Å². The summed E-state index contributed by atoms with van der Waals surface area (Å²) in [5.74, 6) is 1.86. The van der Waals surface area contributed by atoms with Crippen LogP contribution in [-0.2, 0) is 0 Å². The van der Waals surface area contributed by atoms with E-state index in [0.717, 1.165) is 24.0 Å². The third-order valence-corrected chi connectivity index (χ3v) is 3.96. The van der Waals surface area contributed by atoms with Gasteiger partial charge in [-0.3, -0.25) is 0 Å². The first kappa shape index (κ1) is 12.9. The Kier molecular flexibility index (Phi) is 3.30. The Morgan fingerprint density at radius 2 is 1.95 bits per heavy atom. The second-order valence-corrected chi connectivity index (χ2v) is 5.37. The van der Waals surface area contributed by atoms with Crippen LogP contribution in [0, 0.1) is 6.92 Å². The van der Waals surface area contributed by atoms with Gasteiger partial charge in [-0.05, 0) is 31.2 Å². The fourth-order valence-corrected chi connectivity index (χ4v) is 2.96. The summed E-state index contributed by atoms with van der Waals surface area (Å²) in [5.41, 5.74) is 14.5. The molecule has 4 N–H and O–H groups in total. The molecule has 0 unspecified atom stereocenters. The molecule has 0 spiro atoms. The first-order chi connectivity index (χ1) is 9.66. The third kappa shape index (κ3) is 2.21. The molecule has 0 saturated heterocycles. The Morgan fingerprint density at radius 1 is 1.20 bits per heavy atom. The molecule has 0 radical (unpaired) electrons. The second kappa shape index (κ2) is 5.11. The first-order valence-electron chi connectivity index (χ1n) is 7.01. The molecule has 0 atom stereocenters. The Labute approximate surface area is 117 Å². The Balaban J connectivity index is 2.11. The minimum atomic E-state index is 0.380. The molecule has 0 aliphatic heterocycles. The average molecular weight is 273 g/mol. The van der Waals surface area contributed by atoms with E-state index in [-0.39, 0.29) is 0 Å². The molecule has 3 rings (SSSR count). The van der Waals surface area contributed by atoms with E-state index in [2.05, 4.69) is 15.1 Å². The van der Waals surface area contributed by atoms with E-state index in [1.54, 1.807) is 13.1 Å². The van der Waals surface area contributed by atoms with Crippen molar-refractivity contribution in [3.05, 3.63) is 17.6 Å². The van der Waals surface area contributed by atoms with Crippen LogP contribution < -0.4 is 11.5 Å². The second-order valence-electron chi connectivity index (χ2n) is 5.37. The standard InChI is InChI=1S/C14H19N5O/c1-8-18-14(20-19-8)10-7-17-13(16)12(15)11(10)9-5-3-2-4-6-9/h7,9H,2-6,15H2,1H3,(H2,16,17). The third-order valence-electron chi connectivity index (χ3n) is 3.96. The van der Waals surface area contributed by atoms with Gasteiger partial charge in [0, 0.05) is 6.20 Å². The summed E-state index contributed by atoms with van der Waals surface area (Å²) in [4.78, 5) is 8.44. The van der Waals surface area contributed by atoms with E-state index in [0.29, 0.717) is 29.1 Å². The molecule has 106 valence electrons. The minimum Gasteiger partial charge on any atom is -0.395 e. The van der Waals surface area contributed by atoms with Gasteiger partial charge in [-0.15, -0.1) is 0 Å². The maximum atomic E-state index is 6.18. The highest BCUT2D eigenvalue weighted by molar-refractivity contribution is 5.74. The quantitative estimate of drug-likeness (QED) is 0.871. The highest BCUT2D eigenvalue weighted by Crippen LogP contribution is 2.41. The van der Waals surface area contributed by atoms with E-state index in [1.807, 2.05) is 0 Å². The van der Waals surface area contributed by atoms with Crippen LogP contribution in [0.3, 0.4) is 0 Å². The van der Waals surface area contributed by atoms with E-state index in [1.165, 1.54) is 19.3 Å².